The van der Waals surface area contributed by atoms with Gasteiger partial charge in [0.05, 0.1) is 4.34 Å². The van der Waals surface area contributed by atoms with Crippen LogP contribution >= 0.6 is 22.9 Å². The van der Waals surface area contributed by atoms with Crippen molar-refractivity contribution in [3.8, 4) is 0 Å². The van der Waals surface area contributed by atoms with Crippen molar-refractivity contribution in [3.05, 3.63) is 21.3 Å². The van der Waals surface area contributed by atoms with Crippen molar-refractivity contribution in [2.24, 2.45) is 5.41 Å². The molecule has 1 aromatic heterocycles. The first-order valence-electron chi connectivity index (χ1n) is 5.48. The molecule has 0 aliphatic carbocycles. The van der Waals surface area contributed by atoms with Crippen molar-refractivity contribution in [1.29, 1.82) is 0 Å². The van der Waals surface area contributed by atoms with Gasteiger partial charge in [-0.15, -0.1) is 11.3 Å². The largest absolute Gasteiger partial charge is 0.316 e. The molecule has 3 heteroatoms. The Morgan fingerprint density at radius 2 is 2.13 bits per heavy atom. The molecule has 1 nitrogen and oxygen atoms in total. The van der Waals surface area contributed by atoms with Gasteiger partial charge in [-0.3, -0.25) is 0 Å². The maximum atomic E-state index is 5.90. The molecule has 0 unspecified atom stereocenters. The van der Waals surface area contributed by atoms with Gasteiger partial charge in [-0.25, -0.2) is 0 Å². The molecule has 0 aliphatic heterocycles. The third kappa shape index (κ3) is 5.01. The van der Waals surface area contributed by atoms with Gasteiger partial charge in [0.15, 0.2) is 0 Å². The maximum Gasteiger partial charge on any atom is 0.0931 e. The molecule has 0 saturated carbocycles. The second-order valence-corrected chi connectivity index (χ2v) is 6.45. The smallest absolute Gasteiger partial charge is 0.0931 e. The van der Waals surface area contributed by atoms with E-state index in [1.807, 2.05) is 6.07 Å². The number of rotatable bonds is 6. The normalized spacial score (nSPS) is 12.0. The van der Waals surface area contributed by atoms with Gasteiger partial charge >= 0.3 is 0 Å². The molecule has 1 N–H and O–H groups in total. The minimum Gasteiger partial charge on any atom is -0.316 e. The number of nitrogens with one attached hydrogen (secondary N) is 1. The second-order valence-electron chi connectivity index (χ2n) is 4.65. The standard InChI is InChI=1S/C12H20ClNS/c1-4-14-9-12(2,3)8-7-10-5-6-11(13)15-10/h5-6,14H,4,7-9H2,1-3H3. The van der Waals surface area contributed by atoms with Crippen molar-refractivity contribution >= 4 is 22.9 Å². The SMILES string of the molecule is CCNCC(C)(C)CCc1ccc(Cl)s1. The van der Waals surface area contributed by atoms with Crippen LogP contribution in [0.3, 0.4) is 0 Å². The number of hydrogen-bond acceptors (Lipinski definition) is 2. The van der Waals surface area contributed by atoms with E-state index in [2.05, 4.69) is 32.2 Å². The van der Waals surface area contributed by atoms with E-state index in [4.69, 9.17) is 11.6 Å². The molecule has 0 fully saturated rings. The Bertz CT molecular complexity index is 294. The van der Waals surface area contributed by atoms with E-state index in [1.165, 1.54) is 11.3 Å². The first-order chi connectivity index (χ1) is 7.03. The maximum absolute atomic E-state index is 5.90. The van der Waals surface area contributed by atoms with Gasteiger partial charge < -0.3 is 5.32 Å². The quantitative estimate of drug-likeness (QED) is 0.800. The predicted molar refractivity (Wildman–Crippen MR) is 70.0 cm³/mol. The van der Waals surface area contributed by atoms with E-state index in [1.54, 1.807) is 11.3 Å². The van der Waals surface area contributed by atoms with Gasteiger partial charge in [0.25, 0.3) is 0 Å². The Labute approximate surface area is 102 Å². The summed E-state index contributed by atoms with van der Waals surface area (Å²) in [4.78, 5) is 1.39. The molecule has 0 amide bonds. The topological polar surface area (TPSA) is 12.0 Å². The monoisotopic (exact) mass is 245 g/mol. The molecule has 15 heavy (non-hydrogen) atoms. The zero-order valence-corrected chi connectivity index (χ0v) is 11.3. The Kier molecular flexibility index (Phi) is 5.10. The Morgan fingerprint density at radius 1 is 1.40 bits per heavy atom. The highest BCUT2D eigenvalue weighted by Crippen LogP contribution is 2.27. The highest BCUT2D eigenvalue weighted by Gasteiger charge is 2.17. The Morgan fingerprint density at radius 3 is 2.67 bits per heavy atom. The molecule has 86 valence electrons. The van der Waals surface area contributed by atoms with Crippen LogP contribution in [0.1, 0.15) is 32.1 Å². The fourth-order valence-corrected chi connectivity index (χ4v) is 2.59. The van der Waals surface area contributed by atoms with E-state index in [0.29, 0.717) is 5.41 Å². The highest BCUT2D eigenvalue weighted by molar-refractivity contribution is 7.16. The summed E-state index contributed by atoms with van der Waals surface area (Å²) in [5, 5.41) is 3.41. The van der Waals surface area contributed by atoms with Crippen molar-refractivity contribution < 1.29 is 0 Å². The fourth-order valence-electron chi connectivity index (χ4n) is 1.50. The number of thiophene rings is 1. The summed E-state index contributed by atoms with van der Waals surface area (Å²) in [5.41, 5.74) is 0.368. The second kappa shape index (κ2) is 5.88. The van der Waals surface area contributed by atoms with Crippen molar-refractivity contribution in [2.75, 3.05) is 13.1 Å². The molecular formula is C12H20ClNS. The predicted octanol–water partition coefficient (Wildman–Crippen LogP) is 3.97. The molecule has 0 saturated heterocycles. The van der Waals surface area contributed by atoms with E-state index in [-0.39, 0.29) is 0 Å². The molecule has 0 atom stereocenters. The molecule has 1 aromatic rings. The van der Waals surface area contributed by atoms with Crippen LogP contribution in [0.4, 0.5) is 0 Å². The van der Waals surface area contributed by atoms with Crippen molar-refractivity contribution in [2.45, 2.75) is 33.6 Å². The Balaban J connectivity index is 2.35. The zero-order valence-electron chi connectivity index (χ0n) is 9.77. The molecule has 1 heterocycles. The summed E-state index contributed by atoms with van der Waals surface area (Å²) in [6.45, 7) is 8.90. The third-order valence-corrected chi connectivity index (χ3v) is 3.82. The summed E-state index contributed by atoms with van der Waals surface area (Å²) >= 11 is 7.60. The van der Waals surface area contributed by atoms with Gasteiger partial charge in [-0.1, -0.05) is 32.4 Å². The molecule has 0 spiro atoms. The van der Waals surface area contributed by atoms with Gasteiger partial charge in [0.1, 0.15) is 0 Å². The molecule has 0 aromatic carbocycles. The van der Waals surface area contributed by atoms with Crippen LogP contribution in [0.15, 0.2) is 12.1 Å². The number of hydrogen-bond donors (Lipinski definition) is 1. The first kappa shape index (κ1) is 13.0. The average Bonchev–Trinajstić information content (AvgIpc) is 2.59. The van der Waals surface area contributed by atoms with Crippen LogP contribution in [-0.2, 0) is 6.42 Å². The van der Waals surface area contributed by atoms with Gasteiger partial charge in [0, 0.05) is 11.4 Å². The van der Waals surface area contributed by atoms with E-state index >= 15 is 0 Å². The average molecular weight is 246 g/mol. The van der Waals surface area contributed by atoms with Crippen molar-refractivity contribution in [3.63, 3.8) is 0 Å². The van der Waals surface area contributed by atoms with Crippen LogP contribution in [0.25, 0.3) is 0 Å². The highest BCUT2D eigenvalue weighted by atomic mass is 35.5. The van der Waals surface area contributed by atoms with E-state index < -0.39 is 0 Å². The summed E-state index contributed by atoms with van der Waals surface area (Å²) < 4.78 is 0.898. The van der Waals surface area contributed by atoms with E-state index in [9.17, 15) is 0 Å². The van der Waals surface area contributed by atoms with Crippen LogP contribution in [0.2, 0.25) is 4.34 Å². The van der Waals surface area contributed by atoms with Crippen LogP contribution < -0.4 is 5.32 Å². The summed E-state index contributed by atoms with van der Waals surface area (Å²) in [5.74, 6) is 0. The molecule has 0 bridgehead atoms. The molecular weight excluding hydrogens is 226 g/mol. The van der Waals surface area contributed by atoms with Crippen LogP contribution in [0.5, 0.6) is 0 Å². The summed E-state index contributed by atoms with van der Waals surface area (Å²) in [7, 11) is 0. The lowest BCUT2D eigenvalue weighted by molar-refractivity contribution is 0.318. The summed E-state index contributed by atoms with van der Waals surface area (Å²) in [6.07, 6.45) is 2.34. The molecule has 0 radical (unpaired) electrons. The van der Waals surface area contributed by atoms with Gasteiger partial charge in [-0.05, 0) is 36.9 Å². The third-order valence-electron chi connectivity index (χ3n) is 2.53. The fraction of sp³-hybridized carbons (Fsp3) is 0.667. The van der Waals surface area contributed by atoms with Gasteiger partial charge in [-0.2, -0.15) is 0 Å². The minimum absolute atomic E-state index is 0.368. The summed E-state index contributed by atoms with van der Waals surface area (Å²) in [6, 6.07) is 4.12. The Hall–Kier alpha value is -0.0500. The van der Waals surface area contributed by atoms with E-state index in [0.717, 1.165) is 23.8 Å². The lowest BCUT2D eigenvalue weighted by atomic mass is 9.87. The molecule has 1 rings (SSSR count). The number of halogens is 1. The van der Waals surface area contributed by atoms with Crippen LogP contribution in [-0.4, -0.2) is 13.1 Å². The van der Waals surface area contributed by atoms with Crippen LogP contribution in [0, 0.1) is 5.41 Å². The number of aryl methyl sites for hydroxylation is 1. The first-order valence-corrected chi connectivity index (χ1v) is 6.68. The van der Waals surface area contributed by atoms with Gasteiger partial charge in [0.2, 0.25) is 0 Å². The minimum atomic E-state index is 0.368. The van der Waals surface area contributed by atoms with Crippen molar-refractivity contribution in [1.82, 2.24) is 5.32 Å². The molecule has 0 aliphatic rings. The lowest BCUT2D eigenvalue weighted by Crippen LogP contribution is -2.29. The zero-order chi connectivity index (χ0) is 11.3. The lowest BCUT2D eigenvalue weighted by Gasteiger charge is -2.24.